The molecule has 0 aliphatic rings. The third-order valence-corrected chi connectivity index (χ3v) is 2.64. The lowest BCUT2D eigenvalue weighted by atomic mass is 10.1. The predicted octanol–water partition coefficient (Wildman–Crippen LogP) is 3.12. The number of hydrogen-bond acceptors (Lipinski definition) is 2. The molecule has 1 rings (SSSR count). The van der Waals surface area contributed by atoms with Crippen molar-refractivity contribution in [2.24, 2.45) is 0 Å². The van der Waals surface area contributed by atoms with E-state index in [9.17, 15) is 9.59 Å². The molecule has 1 aromatic rings. The maximum atomic E-state index is 10.9. The van der Waals surface area contributed by atoms with E-state index in [0.29, 0.717) is 0 Å². The zero-order valence-corrected chi connectivity index (χ0v) is 9.87. The van der Waals surface area contributed by atoms with Crippen LogP contribution in [0.1, 0.15) is 31.2 Å². The summed E-state index contributed by atoms with van der Waals surface area (Å²) < 4.78 is 0. The van der Waals surface area contributed by atoms with Crippen LogP contribution < -0.4 is 0 Å². The molecule has 0 saturated carbocycles. The predicted molar refractivity (Wildman–Crippen MR) is 64.5 cm³/mol. The summed E-state index contributed by atoms with van der Waals surface area (Å²) in [6.45, 7) is 0. The molecule has 86 valence electrons. The van der Waals surface area contributed by atoms with Crippen molar-refractivity contribution in [3.05, 3.63) is 35.9 Å². The minimum absolute atomic E-state index is 0.275. The van der Waals surface area contributed by atoms with Gasteiger partial charge < -0.3 is 0 Å². The Balaban J connectivity index is 2.09. The normalized spacial score (nSPS) is 10.1. The van der Waals surface area contributed by atoms with Crippen LogP contribution >= 0.6 is 11.6 Å². The summed E-state index contributed by atoms with van der Waals surface area (Å²) in [5.74, 6) is -0.471. The molecule has 2 nitrogen and oxygen atoms in total. The quantitative estimate of drug-likeness (QED) is 0.416. The maximum Gasteiger partial charge on any atom is 0.288 e. The van der Waals surface area contributed by atoms with Crippen LogP contribution in [-0.2, 0) is 16.0 Å². The molecular formula is C13H15ClO2. The number of carbonyl (C=O) groups is 2. The summed E-state index contributed by atoms with van der Waals surface area (Å²) in [7, 11) is 0. The highest BCUT2D eigenvalue weighted by molar-refractivity contribution is 6.81. The third kappa shape index (κ3) is 5.08. The molecular weight excluding hydrogens is 224 g/mol. The number of benzene rings is 1. The van der Waals surface area contributed by atoms with Crippen molar-refractivity contribution < 1.29 is 9.59 Å². The highest BCUT2D eigenvalue weighted by Gasteiger charge is 2.08. The first kappa shape index (κ1) is 12.9. The maximum absolute atomic E-state index is 10.9. The van der Waals surface area contributed by atoms with Gasteiger partial charge in [-0.15, -0.1) is 0 Å². The number of halogens is 1. The molecule has 16 heavy (non-hydrogen) atoms. The smallest absolute Gasteiger partial charge is 0.288 e. The average molecular weight is 239 g/mol. The van der Waals surface area contributed by atoms with E-state index < -0.39 is 11.0 Å². The van der Waals surface area contributed by atoms with Gasteiger partial charge in [-0.1, -0.05) is 36.8 Å². The van der Waals surface area contributed by atoms with Crippen LogP contribution in [0.3, 0.4) is 0 Å². The van der Waals surface area contributed by atoms with Crippen LogP contribution in [0.5, 0.6) is 0 Å². The van der Waals surface area contributed by atoms with E-state index in [2.05, 4.69) is 12.1 Å². The van der Waals surface area contributed by atoms with Gasteiger partial charge >= 0.3 is 0 Å². The van der Waals surface area contributed by atoms with Gasteiger partial charge in [0, 0.05) is 6.42 Å². The molecule has 0 fully saturated rings. The molecule has 0 saturated heterocycles. The molecule has 0 heterocycles. The molecule has 3 heteroatoms. The van der Waals surface area contributed by atoms with E-state index in [0.717, 1.165) is 25.7 Å². The van der Waals surface area contributed by atoms with E-state index in [-0.39, 0.29) is 6.42 Å². The largest absolute Gasteiger partial charge is 0.289 e. The van der Waals surface area contributed by atoms with Gasteiger partial charge in [0.2, 0.25) is 5.78 Å². The van der Waals surface area contributed by atoms with Crippen LogP contribution in [0, 0.1) is 0 Å². The molecule has 0 bridgehead atoms. The van der Waals surface area contributed by atoms with Gasteiger partial charge in [0.15, 0.2) is 0 Å². The summed E-state index contributed by atoms with van der Waals surface area (Å²) in [5, 5.41) is -0.844. The Hall–Kier alpha value is -1.15. The van der Waals surface area contributed by atoms with Crippen molar-refractivity contribution >= 4 is 22.6 Å². The summed E-state index contributed by atoms with van der Waals surface area (Å²) in [6.07, 6.45) is 4.02. The van der Waals surface area contributed by atoms with Gasteiger partial charge in [0.25, 0.3) is 5.24 Å². The second kappa shape index (κ2) is 7.18. The zero-order valence-electron chi connectivity index (χ0n) is 9.12. The Morgan fingerprint density at radius 2 is 1.69 bits per heavy atom. The van der Waals surface area contributed by atoms with Crippen LogP contribution in [-0.4, -0.2) is 11.0 Å². The van der Waals surface area contributed by atoms with Crippen molar-refractivity contribution in [3.8, 4) is 0 Å². The van der Waals surface area contributed by atoms with Gasteiger partial charge in [-0.2, -0.15) is 0 Å². The highest BCUT2D eigenvalue weighted by atomic mass is 35.5. The first-order valence-corrected chi connectivity index (χ1v) is 5.84. The fraction of sp³-hybridized carbons (Fsp3) is 0.385. The molecule has 0 amide bonds. The molecule has 0 spiro atoms. The zero-order chi connectivity index (χ0) is 11.8. The SMILES string of the molecule is O=C(Cl)C(=O)CCCCCc1ccccc1. The van der Waals surface area contributed by atoms with Gasteiger partial charge in [-0.3, -0.25) is 9.59 Å². The standard InChI is InChI=1S/C13H15ClO2/c14-13(16)12(15)10-6-2-5-9-11-7-3-1-4-8-11/h1,3-4,7-8H,2,5-6,9-10H2. The van der Waals surface area contributed by atoms with Gasteiger partial charge in [0.05, 0.1) is 0 Å². The molecule has 0 aromatic heterocycles. The number of hydrogen-bond donors (Lipinski definition) is 0. The summed E-state index contributed by atoms with van der Waals surface area (Å²) in [4.78, 5) is 21.3. The fourth-order valence-electron chi connectivity index (χ4n) is 1.53. The van der Waals surface area contributed by atoms with Gasteiger partial charge in [-0.25, -0.2) is 0 Å². The van der Waals surface area contributed by atoms with Crippen molar-refractivity contribution in [3.63, 3.8) is 0 Å². The Kier molecular flexibility index (Phi) is 5.79. The van der Waals surface area contributed by atoms with Crippen LogP contribution in [0.25, 0.3) is 0 Å². The van der Waals surface area contributed by atoms with E-state index in [1.165, 1.54) is 5.56 Å². The van der Waals surface area contributed by atoms with E-state index in [1.807, 2.05) is 18.2 Å². The van der Waals surface area contributed by atoms with Crippen molar-refractivity contribution in [1.82, 2.24) is 0 Å². The van der Waals surface area contributed by atoms with Gasteiger partial charge in [-0.05, 0) is 36.4 Å². The lowest BCUT2D eigenvalue weighted by Crippen LogP contribution is -2.05. The Morgan fingerprint density at radius 1 is 1.00 bits per heavy atom. The third-order valence-electron chi connectivity index (χ3n) is 2.43. The summed E-state index contributed by atoms with van der Waals surface area (Å²) in [5.41, 5.74) is 1.31. The number of unbranched alkanes of at least 4 members (excludes halogenated alkanes) is 2. The topological polar surface area (TPSA) is 34.1 Å². The second-order valence-electron chi connectivity index (χ2n) is 3.74. The number of Topliss-reactive ketones (excluding diaryl/α,β-unsaturated/α-hetero) is 1. The summed E-state index contributed by atoms with van der Waals surface area (Å²) >= 11 is 5.05. The number of rotatable bonds is 7. The fourth-order valence-corrected chi connectivity index (χ4v) is 1.63. The highest BCUT2D eigenvalue weighted by Crippen LogP contribution is 2.08. The lowest BCUT2D eigenvalue weighted by Gasteiger charge is -2.00. The second-order valence-corrected chi connectivity index (χ2v) is 4.09. The molecule has 1 aromatic carbocycles. The van der Waals surface area contributed by atoms with E-state index in [1.54, 1.807) is 0 Å². The van der Waals surface area contributed by atoms with Crippen LogP contribution in [0.15, 0.2) is 30.3 Å². The lowest BCUT2D eigenvalue weighted by molar-refractivity contribution is -0.132. The van der Waals surface area contributed by atoms with Gasteiger partial charge in [0.1, 0.15) is 0 Å². The molecule has 0 aliphatic heterocycles. The number of aryl methyl sites for hydroxylation is 1. The Labute approximate surface area is 101 Å². The first-order valence-electron chi connectivity index (χ1n) is 5.47. The molecule has 0 aliphatic carbocycles. The number of carbonyl (C=O) groups excluding carboxylic acids is 2. The Morgan fingerprint density at radius 3 is 2.31 bits per heavy atom. The monoisotopic (exact) mass is 238 g/mol. The average Bonchev–Trinajstić information content (AvgIpc) is 2.29. The minimum Gasteiger partial charge on any atom is -0.289 e. The van der Waals surface area contributed by atoms with Crippen molar-refractivity contribution in [2.45, 2.75) is 32.1 Å². The molecule has 0 atom stereocenters. The summed E-state index contributed by atoms with van der Waals surface area (Å²) in [6, 6.07) is 10.2. The molecule has 0 unspecified atom stereocenters. The minimum atomic E-state index is -0.844. The Bertz CT molecular complexity index is 346. The van der Waals surface area contributed by atoms with Crippen molar-refractivity contribution in [1.29, 1.82) is 0 Å². The van der Waals surface area contributed by atoms with E-state index >= 15 is 0 Å². The van der Waals surface area contributed by atoms with Crippen LogP contribution in [0.2, 0.25) is 0 Å². The number of ketones is 1. The first-order chi connectivity index (χ1) is 7.70. The molecule has 0 radical (unpaired) electrons. The van der Waals surface area contributed by atoms with Crippen molar-refractivity contribution in [2.75, 3.05) is 0 Å². The van der Waals surface area contributed by atoms with E-state index in [4.69, 9.17) is 11.6 Å². The van der Waals surface area contributed by atoms with Crippen LogP contribution in [0.4, 0.5) is 0 Å². The molecule has 0 N–H and O–H groups in total.